The summed E-state index contributed by atoms with van der Waals surface area (Å²) in [6.07, 6.45) is 5.14. The number of aromatic nitrogens is 2. The van der Waals surface area contributed by atoms with E-state index in [1.165, 1.54) is 15.8 Å². The van der Waals surface area contributed by atoms with Crippen LogP contribution in [0.5, 0.6) is 0 Å². The Morgan fingerprint density at radius 2 is 1.67 bits per heavy atom. The predicted octanol–water partition coefficient (Wildman–Crippen LogP) is 2.95. The van der Waals surface area contributed by atoms with Crippen LogP contribution in [-0.4, -0.2) is 107 Å². The number of piperidine rings is 3. The van der Waals surface area contributed by atoms with E-state index in [0.29, 0.717) is 21.5 Å². The number of hydrogen-bond acceptors (Lipinski definition) is 10. The van der Waals surface area contributed by atoms with Crippen molar-refractivity contribution < 1.29 is 19.2 Å². The Balaban J connectivity index is 0.831. The molecule has 0 aliphatic carbocycles. The fourth-order valence-electron chi connectivity index (χ4n) is 8.75. The summed E-state index contributed by atoms with van der Waals surface area (Å²) in [6, 6.07) is 13.7. The van der Waals surface area contributed by atoms with Gasteiger partial charge in [0, 0.05) is 63.3 Å². The Morgan fingerprint density at radius 3 is 2.40 bits per heavy atom. The molecule has 3 atom stereocenters. The van der Waals surface area contributed by atoms with Crippen molar-refractivity contribution in [1.29, 1.82) is 0 Å². The molecule has 13 nitrogen and oxygen atoms in total. The topological polar surface area (TPSA) is 140 Å². The minimum atomic E-state index is -0.959. The molecule has 14 heteroatoms. The number of aryl methyl sites for hydroxylation is 1. The summed E-state index contributed by atoms with van der Waals surface area (Å²) >= 11 is 3.44. The van der Waals surface area contributed by atoms with Gasteiger partial charge in [-0.2, -0.15) is 5.10 Å². The molecule has 3 aromatic rings. The third-order valence-corrected chi connectivity index (χ3v) is 12.5. The standard InChI is InChI=1S/C38H43BrN8O5/c1-43-19-25(15-26(20-43)41-30-17-40-44(2)37(52)33(30)39)24-5-3-23(4-6-24)18-45-13-11-38(12-14-45)21-46(22-38)27-7-8-28-29(16-27)36(51)47(35(28)50)31-9-10-32(48)42-34(31)49/h3-8,16-17,25-26,31,41H,9-15,18-22H2,1-2H3,(H,42,48,49)/t25-,26+,31?/m0/s1. The number of anilines is 2. The maximum atomic E-state index is 13.3. The number of nitrogens with one attached hydrogen (secondary N) is 2. The zero-order valence-corrected chi connectivity index (χ0v) is 31.0. The summed E-state index contributed by atoms with van der Waals surface area (Å²) in [5.41, 5.74) is 5.01. The van der Waals surface area contributed by atoms with Gasteiger partial charge in [-0.05, 0) is 97.0 Å². The number of carbonyl (C=O) groups is 4. The fourth-order valence-corrected chi connectivity index (χ4v) is 9.23. The summed E-state index contributed by atoms with van der Waals surface area (Å²) in [4.78, 5) is 71.0. The van der Waals surface area contributed by atoms with Crippen LogP contribution in [-0.2, 0) is 23.2 Å². The van der Waals surface area contributed by atoms with Gasteiger partial charge in [-0.3, -0.25) is 39.1 Å². The van der Waals surface area contributed by atoms with Gasteiger partial charge in [0.2, 0.25) is 11.8 Å². The van der Waals surface area contributed by atoms with Crippen LogP contribution in [0.4, 0.5) is 11.4 Å². The summed E-state index contributed by atoms with van der Waals surface area (Å²) < 4.78 is 1.83. The number of hydrogen-bond donors (Lipinski definition) is 2. The lowest BCUT2D eigenvalue weighted by Crippen LogP contribution is -2.60. The number of amides is 4. The number of halogens is 1. The molecule has 52 heavy (non-hydrogen) atoms. The molecule has 6 heterocycles. The van der Waals surface area contributed by atoms with Crippen LogP contribution >= 0.6 is 15.9 Å². The van der Waals surface area contributed by atoms with E-state index >= 15 is 0 Å². The second-order valence-electron chi connectivity index (χ2n) is 15.3. The van der Waals surface area contributed by atoms with Gasteiger partial charge < -0.3 is 15.1 Å². The largest absolute Gasteiger partial charge is 0.379 e. The zero-order valence-electron chi connectivity index (χ0n) is 29.4. The molecule has 1 spiro atoms. The minimum absolute atomic E-state index is 0.102. The first kappa shape index (κ1) is 34.7. The molecule has 5 aliphatic rings. The van der Waals surface area contributed by atoms with Gasteiger partial charge in [-0.25, -0.2) is 4.68 Å². The molecular weight excluding hydrogens is 728 g/mol. The fraction of sp³-hybridized carbons (Fsp3) is 0.474. The highest BCUT2D eigenvalue weighted by molar-refractivity contribution is 9.10. The normalized spacial score (nSPS) is 24.9. The van der Waals surface area contributed by atoms with Gasteiger partial charge in [-0.15, -0.1) is 0 Å². The van der Waals surface area contributed by atoms with E-state index in [0.717, 1.165) is 81.4 Å². The number of benzene rings is 2. The number of imide groups is 2. The van der Waals surface area contributed by atoms with E-state index in [1.54, 1.807) is 25.4 Å². The molecule has 0 bridgehead atoms. The van der Waals surface area contributed by atoms with E-state index in [-0.39, 0.29) is 35.8 Å². The first-order valence-electron chi connectivity index (χ1n) is 18.1. The molecule has 4 amide bonds. The second-order valence-corrected chi connectivity index (χ2v) is 16.1. The summed E-state index contributed by atoms with van der Waals surface area (Å²) in [5, 5.41) is 9.97. The molecule has 4 saturated heterocycles. The average Bonchev–Trinajstić information content (AvgIpc) is 3.36. The van der Waals surface area contributed by atoms with Gasteiger partial charge in [0.15, 0.2) is 0 Å². The number of likely N-dealkylation sites (N-methyl/N-ethyl adjacent to an activating group) is 1. The number of nitrogens with zero attached hydrogens (tertiary/aromatic N) is 6. The molecule has 1 aromatic heterocycles. The molecule has 8 rings (SSSR count). The minimum Gasteiger partial charge on any atom is -0.379 e. The van der Waals surface area contributed by atoms with Gasteiger partial charge in [0.25, 0.3) is 17.4 Å². The average molecular weight is 772 g/mol. The number of likely N-dealkylation sites (tertiary alicyclic amines) is 2. The van der Waals surface area contributed by atoms with Crippen molar-refractivity contribution in [2.24, 2.45) is 12.5 Å². The molecular formula is C38H43BrN8O5. The second kappa shape index (κ2) is 13.5. The van der Waals surface area contributed by atoms with Crippen molar-refractivity contribution >= 4 is 50.9 Å². The van der Waals surface area contributed by atoms with Crippen molar-refractivity contribution in [3.63, 3.8) is 0 Å². The Bertz CT molecular complexity index is 2000. The summed E-state index contributed by atoms with van der Waals surface area (Å²) in [7, 11) is 3.79. The Hall–Kier alpha value is -4.40. The lowest BCUT2D eigenvalue weighted by Gasteiger charge is -2.55. The van der Waals surface area contributed by atoms with Crippen molar-refractivity contribution in [3.05, 3.63) is 85.7 Å². The highest BCUT2D eigenvalue weighted by atomic mass is 79.9. The lowest BCUT2D eigenvalue weighted by molar-refractivity contribution is -0.136. The van der Waals surface area contributed by atoms with E-state index in [4.69, 9.17) is 0 Å². The van der Waals surface area contributed by atoms with Crippen LogP contribution in [0.3, 0.4) is 0 Å². The Kier molecular flexibility index (Phi) is 9.03. The number of fused-ring (bicyclic) bond motifs is 1. The molecule has 0 saturated carbocycles. The first-order valence-corrected chi connectivity index (χ1v) is 18.8. The highest BCUT2D eigenvalue weighted by Gasteiger charge is 2.47. The monoisotopic (exact) mass is 770 g/mol. The summed E-state index contributed by atoms with van der Waals surface area (Å²) in [6.45, 7) is 6.68. The smallest absolute Gasteiger partial charge is 0.282 e. The zero-order chi connectivity index (χ0) is 36.3. The van der Waals surface area contributed by atoms with Gasteiger partial charge >= 0.3 is 0 Å². The Morgan fingerprint density at radius 1 is 0.942 bits per heavy atom. The third-order valence-electron chi connectivity index (χ3n) is 11.7. The maximum absolute atomic E-state index is 13.3. The van der Waals surface area contributed by atoms with Crippen LogP contribution in [0.2, 0.25) is 0 Å². The van der Waals surface area contributed by atoms with Crippen molar-refractivity contribution in [2.45, 2.75) is 56.7 Å². The SMILES string of the molecule is CN1C[C@H](Nc2cnn(C)c(=O)c2Br)C[C@H](c2ccc(CN3CCC4(CC3)CN(c3ccc5c(c3)C(=O)N(C3CCC(=O)NC3=O)C5=O)C4)cc2)C1. The van der Waals surface area contributed by atoms with Crippen molar-refractivity contribution in [3.8, 4) is 0 Å². The Labute approximate surface area is 310 Å². The van der Waals surface area contributed by atoms with Gasteiger partial charge in [0.05, 0.1) is 23.0 Å². The molecule has 4 fully saturated rings. The molecule has 0 radical (unpaired) electrons. The number of rotatable bonds is 7. The van der Waals surface area contributed by atoms with Gasteiger partial charge in [-0.1, -0.05) is 24.3 Å². The van der Waals surface area contributed by atoms with Crippen LogP contribution < -0.4 is 21.1 Å². The van der Waals surface area contributed by atoms with Crippen LogP contribution in [0, 0.1) is 5.41 Å². The van der Waals surface area contributed by atoms with Crippen molar-refractivity contribution in [1.82, 2.24) is 29.8 Å². The lowest BCUT2D eigenvalue weighted by atomic mass is 9.71. The molecule has 1 unspecified atom stereocenters. The molecule has 2 aromatic carbocycles. The van der Waals surface area contributed by atoms with Crippen molar-refractivity contribution in [2.75, 3.05) is 56.5 Å². The molecule has 2 N–H and O–H groups in total. The van der Waals surface area contributed by atoms with Crippen LogP contribution in [0.25, 0.3) is 0 Å². The van der Waals surface area contributed by atoms with E-state index in [9.17, 15) is 24.0 Å². The predicted molar refractivity (Wildman–Crippen MR) is 198 cm³/mol. The maximum Gasteiger partial charge on any atom is 0.282 e. The first-order chi connectivity index (χ1) is 25.0. The van der Waals surface area contributed by atoms with E-state index in [2.05, 4.69) is 77.7 Å². The number of carbonyl (C=O) groups excluding carboxylic acids is 4. The van der Waals surface area contributed by atoms with Gasteiger partial charge in [0.1, 0.15) is 10.5 Å². The summed E-state index contributed by atoms with van der Waals surface area (Å²) in [5.74, 6) is -1.54. The quantitative estimate of drug-likeness (QED) is 0.345. The van der Waals surface area contributed by atoms with E-state index in [1.807, 2.05) is 6.07 Å². The van der Waals surface area contributed by atoms with Crippen LogP contribution in [0.15, 0.2) is 57.9 Å². The third kappa shape index (κ3) is 6.45. The molecule has 272 valence electrons. The van der Waals surface area contributed by atoms with Crippen LogP contribution in [0.1, 0.15) is 69.9 Å². The van der Waals surface area contributed by atoms with E-state index < -0.39 is 23.8 Å². The highest BCUT2D eigenvalue weighted by Crippen LogP contribution is 2.44. The molecule has 5 aliphatic heterocycles.